The molecule has 1 aromatic rings. The lowest BCUT2D eigenvalue weighted by Crippen LogP contribution is -2.18. The van der Waals surface area contributed by atoms with Gasteiger partial charge in [0.15, 0.2) is 16.3 Å². The molecule has 13 heavy (non-hydrogen) atoms. The van der Waals surface area contributed by atoms with Gasteiger partial charge < -0.3 is 0 Å². The second kappa shape index (κ2) is 3.21. The van der Waals surface area contributed by atoms with Gasteiger partial charge in [-0.15, -0.1) is 0 Å². The standard InChI is InChI=1S/C8H14FN3S/c1-5(2)12-6(8(3,4)9)10-11-7(12)13/h5H,1-4H3,(H,11,13). The average Bonchev–Trinajstić information content (AvgIpc) is 2.28. The van der Waals surface area contributed by atoms with Crippen molar-refractivity contribution in [2.45, 2.75) is 39.4 Å². The predicted molar refractivity (Wildman–Crippen MR) is 51.9 cm³/mol. The molecule has 0 fully saturated rings. The normalized spacial score (nSPS) is 12.5. The van der Waals surface area contributed by atoms with Gasteiger partial charge in [-0.3, -0.25) is 9.67 Å². The molecule has 0 aromatic carbocycles. The van der Waals surface area contributed by atoms with Gasteiger partial charge in [0.1, 0.15) is 0 Å². The number of aromatic amines is 1. The van der Waals surface area contributed by atoms with E-state index in [0.29, 0.717) is 10.6 Å². The molecule has 3 nitrogen and oxygen atoms in total. The van der Waals surface area contributed by atoms with Crippen LogP contribution in [0.25, 0.3) is 0 Å². The van der Waals surface area contributed by atoms with Gasteiger partial charge >= 0.3 is 0 Å². The summed E-state index contributed by atoms with van der Waals surface area (Å²) in [5.74, 6) is 0.354. The lowest BCUT2D eigenvalue weighted by Gasteiger charge is -2.17. The average molecular weight is 203 g/mol. The number of hydrogen-bond donors (Lipinski definition) is 1. The summed E-state index contributed by atoms with van der Waals surface area (Å²) in [5, 5.41) is 6.48. The topological polar surface area (TPSA) is 33.6 Å². The SMILES string of the molecule is CC(C)n1c(C(C)(C)F)n[nH]c1=S. The summed E-state index contributed by atoms with van der Waals surface area (Å²) in [6, 6.07) is 0.122. The molecule has 0 saturated carbocycles. The zero-order chi connectivity index (χ0) is 10.2. The van der Waals surface area contributed by atoms with Crippen molar-refractivity contribution in [1.82, 2.24) is 14.8 Å². The van der Waals surface area contributed by atoms with Crippen LogP contribution in [0.5, 0.6) is 0 Å². The largest absolute Gasteiger partial charge is 0.299 e. The molecule has 0 atom stereocenters. The quantitative estimate of drug-likeness (QED) is 0.750. The summed E-state index contributed by atoms with van der Waals surface area (Å²) in [6.07, 6.45) is 0. The first-order chi connectivity index (χ1) is 5.84. The van der Waals surface area contributed by atoms with Crippen molar-refractivity contribution in [1.29, 1.82) is 0 Å². The fourth-order valence-electron chi connectivity index (χ4n) is 1.20. The van der Waals surface area contributed by atoms with E-state index in [4.69, 9.17) is 12.2 Å². The predicted octanol–water partition coefficient (Wildman–Crippen LogP) is 2.73. The third kappa shape index (κ3) is 1.96. The molecule has 74 valence electrons. The Kier molecular flexibility index (Phi) is 2.56. The third-order valence-electron chi connectivity index (χ3n) is 1.75. The van der Waals surface area contributed by atoms with Crippen LogP contribution in [0.15, 0.2) is 0 Å². The molecule has 0 aliphatic rings. The molecule has 0 aliphatic carbocycles. The lowest BCUT2D eigenvalue weighted by molar-refractivity contribution is 0.195. The van der Waals surface area contributed by atoms with Gasteiger partial charge in [-0.2, -0.15) is 5.10 Å². The van der Waals surface area contributed by atoms with Crippen molar-refractivity contribution in [2.75, 3.05) is 0 Å². The maximum absolute atomic E-state index is 13.6. The fraction of sp³-hybridized carbons (Fsp3) is 0.750. The molecule has 0 aliphatic heterocycles. The van der Waals surface area contributed by atoms with Crippen LogP contribution in [0.1, 0.15) is 39.6 Å². The van der Waals surface area contributed by atoms with Gasteiger partial charge in [0.05, 0.1) is 0 Å². The monoisotopic (exact) mass is 203 g/mol. The summed E-state index contributed by atoms with van der Waals surface area (Å²) in [5.41, 5.74) is -1.46. The zero-order valence-electron chi connectivity index (χ0n) is 8.26. The first-order valence-electron chi connectivity index (χ1n) is 4.20. The van der Waals surface area contributed by atoms with Crippen molar-refractivity contribution >= 4 is 12.2 Å². The van der Waals surface area contributed by atoms with E-state index in [-0.39, 0.29) is 6.04 Å². The van der Waals surface area contributed by atoms with E-state index >= 15 is 0 Å². The molecule has 1 aromatic heterocycles. The Morgan fingerprint density at radius 1 is 1.54 bits per heavy atom. The van der Waals surface area contributed by atoms with Crippen LogP contribution < -0.4 is 0 Å². The van der Waals surface area contributed by atoms with Gasteiger partial charge in [-0.1, -0.05) is 0 Å². The number of alkyl halides is 1. The van der Waals surface area contributed by atoms with E-state index in [1.807, 2.05) is 13.8 Å². The van der Waals surface area contributed by atoms with E-state index in [2.05, 4.69) is 10.2 Å². The van der Waals surface area contributed by atoms with Crippen LogP contribution in [0.2, 0.25) is 0 Å². The van der Waals surface area contributed by atoms with Crippen molar-refractivity contribution < 1.29 is 4.39 Å². The second-order valence-electron chi connectivity index (χ2n) is 3.79. The van der Waals surface area contributed by atoms with Crippen LogP contribution in [0, 0.1) is 4.77 Å². The number of nitrogens with one attached hydrogen (secondary N) is 1. The molecule has 1 heterocycles. The Bertz CT molecular complexity index is 345. The minimum absolute atomic E-state index is 0.122. The van der Waals surface area contributed by atoms with Crippen molar-refractivity contribution in [3.63, 3.8) is 0 Å². The van der Waals surface area contributed by atoms with E-state index < -0.39 is 5.67 Å². The molecule has 0 spiro atoms. The van der Waals surface area contributed by atoms with Crippen molar-refractivity contribution in [3.05, 3.63) is 10.6 Å². The van der Waals surface area contributed by atoms with Crippen LogP contribution in [-0.4, -0.2) is 14.8 Å². The smallest absolute Gasteiger partial charge is 0.195 e. The summed E-state index contributed by atoms with van der Waals surface area (Å²) in [6.45, 7) is 6.83. The summed E-state index contributed by atoms with van der Waals surface area (Å²) >= 11 is 5.00. The molecule has 0 bridgehead atoms. The molecule has 0 saturated heterocycles. The van der Waals surface area contributed by atoms with Crippen LogP contribution in [0.3, 0.4) is 0 Å². The number of H-pyrrole nitrogens is 1. The Morgan fingerprint density at radius 2 is 2.08 bits per heavy atom. The highest BCUT2D eigenvalue weighted by molar-refractivity contribution is 7.71. The highest BCUT2D eigenvalue weighted by Crippen LogP contribution is 2.24. The lowest BCUT2D eigenvalue weighted by atomic mass is 10.1. The first-order valence-corrected chi connectivity index (χ1v) is 4.61. The number of hydrogen-bond acceptors (Lipinski definition) is 2. The Hall–Kier alpha value is -0.710. The Morgan fingerprint density at radius 3 is 2.38 bits per heavy atom. The molecular weight excluding hydrogens is 189 g/mol. The number of nitrogens with zero attached hydrogens (tertiary/aromatic N) is 2. The first kappa shape index (κ1) is 10.4. The summed E-state index contributed by atoms with van der Waals surface area (Å²) in [7, 11) is 0. The van der Waals surface area contributed by atoms with Gasteiger partial charge in [0.2, 0.25) is 0 Å². The Balaban J connectivity index is 3.32. The van der Waals surface area contributed by atoms with Gasteiger partial charge in [-0.25, -0.2) is 4.39 Å². The number of halogens is 1. The highest BCUT2D eigenvalue weighted by atomic mass is 32.1. The van der Waals surface area contributed by atoms with Crippen LogP contribution in [-0.2, 0) is 5.67 Å². The molecule has 5 heteroatoms. The highest BCUT2D eigenvalue weighted by Gasteiger charge is 2.26. The Labute approximate surface area is 82.0 Å². The maximum atomic E-state index is 13.6. The fourth-order valence-corrected chi connectivity index (χ4v) is 1.55. The molecule has 0 radical (unpaired) electrons. The maximum Gasteiger partial charge on any atom is 0.195 e. The third-order valence-corrected chi connectivity index (χ3v) is 2.04. The van der Waals surface area contributed by atoms with E-state index in [1.165, 1.54) is 13.8 Å². The van der Waals surface area contributed by atoms with E-state index in [9.17, 15) is 4.39 Å². The van der Waals surface area contributed by atoms with Gasteiger partial charge in [-0.05, 0) is 39.9 Å². The van der Waals surface area contributed by atoms with Gasteiger partial charge in [0.25, 0.3) is 0 Å². The number of aromatic nitrogens is 3. The zero-order valence-corrected chi connectivity index (χ0v) is 9.07. The second-order valence-corrected chi connectivity index (χ2v) is 4.18. The molecule has 1 N–H and O–H groups in total. The molecule has 0 unspecified atom stereocenters. The number of rotatable bonds is 2. The molecule has 1 rings (SSSR count). The van der Waals surface area contributed by atoms with Gasteiger partial charge in [0, 0.05) is 6.04 Å². The van der Waals surface area contributed by atoms with Crippen LogP contribution >= 0.6 is 12.2 Å². The minimum atomic E-state index is -1.46. The summed E-state index contributed by atoms with van der Waals surface area (Å²) in [4.78, 5) is 0. The van der Waals surface area contributed by atoms with Crippen LogP contribution in [0.4, 0.5) is 4.39 Å². The minimum Gasteiger partial charge on any atom is -0.299 e. The van der Waals surface area contributed by atoms with E-state index in [1.54, 1.807) is 4.57 Å². The molecular formula is C8H14FN3S. The summed E-state index contributed by atoms with van der Waals surface area (Å²) < 4.78 is 15.8. The molecule has 0 amide bonds. The van der Waals surface area contributed by atoms with Crippen molar-refractivity contribution in [3.8, 4) is 0 Å². The van der Waals surface area contributed by atoms with E-state index in [0.717, 1.165) is 0 Å². The van der Waals surface area contributed by atoms with Crippen molar-refractivity contribution in [2.24, 2.45) is 0 Å².